The highest BCUT2D eigenvalue weighted by atomic mass is 32.1. The molecule has 0 spiro atoms. The first-order valence-corrected chi connectivity index (χ1v) is 6.49. The van der Waals surface area contributed by atoms with Crippen LogP contribution in [0.1, 0.15) is 44.4 Å². The molecule has 0 radical (unpaired) electrons. The van der Waals surface area contributed by atoms with Crippen LogP contribution in [0.25, 0.3) is 6.08 Å². The standard InChI is InChI=1S/C13H19NO2S/c1-9(2)11(14(15)16)8-10-6-7-12(17-10)13(3,4)5/h6-9H,1-5H3/b11-8-. The van der Waals surface area contributed by atoms with Crippen molar-refractivity contribution in [2.24, 2.45) is 5.92 Å². The molecule has 0 amide bonds. The van der Waals surface area contributed by atoms with Crippen LogP contribution < -0.4 is 0 Å². The molecule has 4 heteroatoms. The zero-order valence-electron chi connectivity index (χ0n) is 11.0. The van der Waals surface area contributed by atoms with Crippen LogP contribution in [-0.4, -0.2) is 4.92 Å². The van der Waals surface area contributed by atoms with Crippen LogP contribution in [0.15, 0.2) is 17.8 Å². The second-order valence-corrected chi connectivity index (χ2v) is 6.55. The van der Waals surface area contributed by atoms with E-state index in [-0.39, 0.29) is 22.0 Å². The maximum Gasteiger partial charge on any atom is 0.250 e. The van der Waals surface area contributed by atoms with Crippen molar-refractivity contribution in [2.75, 3.05) is 0 Å². The van der Waals surface area contributed by atoms with Gasteiger partial charge in [-0.15, -0.1) is 11.3 Å². The van der Waals surface area contributed by atoms with Crippen LogP contribution in [-0.2, 0) is 5.41 Å². The fourth-order valence-corrected chi connectivity index (χ4v) is 2.42. The second kappa shape index (κ2) is 5.00. The molecule has 0 aliphatic carbocycles. The summed E-state index contributed by atoms with van der Waals surface area (Å²) in [5.74, 6) is -0.0646. The van der Waals surface area contributed by atoms with E-state index in [1.54, 1.807) is 17.4 Å². The number of rotatable bonds is 3. The molecule has 0 aliphatic heterocycles. The average molecular weight is 253 g/mol. The summed E-state index contributed by atoms with van der Waals surface area (Å²) in [7, 11) is 0. The lowest BCUT2D eigenvalue weighted by Gasteiger charge is -2.15. The number of nitro groups is 1. The molecule has 0 N–H and O–H groups in total. The minimum Gasteiger partial charge on any atom is -0.259 e. The lowest BCUT2D eigenvalue weighted by atomic mass is 9.95. The van der Waals surface area contributed by atoms with Gasteiger partial charge in [0.1, 0.15) is 0 Å². The van der Waals surface area contributed by atoms with E-state index in [0.29, 0.717) is 0 Å². The van der Waals surface area contributed by atoms with E-state index in [1.807, 2.05) is 26.0 Å². The van der Waals surface area contributed by atoms with Crippen LogP contribution in [0.2, 0.25) is 0 Å². The van der Waals surface area contributed by atoms with E-state index in [0.717, 1.165) is 4.88 Å². The topological polar surface area (TPSA) is 43.1 Å². The van der Waals surface area contributed by atoms with Crippen LogP contribution in [0.4, 0.5) is 0 Å². The van der Waals surface area contributed by atoms with Gasteiger partial charge in [-0.2, -0.15) is 0 Å². The fourth-order valence-electron chi connectivity index (χ4n) is 1.41. The summed E-state index contributed by atoms with van der Waals surface area (Å²) in [6.45, 7) is 10.1. The third-order valence-corrected chi connectivity index (χ3v) is 3.92. The predicted molar refractivity (Wildman–Crippen MR) is 72.8 cm³/mol. The van der Waals surface area contributed by atoms with Gasteiger partial charge in [-0.1, -0.05) is 34.6 Å². The van der Waals surface area contributed by atoms with Gasteiger partial charge in [-0.05, 0) is 17.5 Å². The van der Waals surface area contributed by atoms with E-state index in [9.17, 15) is 10.1 Å². The number of nitrogens with zero attached hydrogens (tertiary/aromatic N) is 1. The van der Waals surface area contributed by atoms with E-state index in [1.165, 1.54) is 4.88 Å². The molecule has 1 rings (SSSR count). The van der Waals surface area contributed by atoms with Crippen LogP contribution in [0.5, 0.6) is 0 Å². The van der Waals surface area contributed by atoms with Crippen molar-refractivity contribution in [3.8, 4) is 0 Å². The van der Waals surface area contributed by atoms with Gasteiger partial charge in [0, 0.05) is 21.7 Å². The molecule has 94 valence electrons. The van der Waals surface area contributed by atoms with E-state index < -0.39 is 0 Å². The van der Waals surface area contributed by atoms with Gasteiger partial charge in [0.2, 0.25) is 5.70 Å². The van der Waals surface area contributed by atoms with E-state index in [2.05, 4.69) is 20.8 Å². The second-order valence-electron chi connectivity index (χ2n) is 5.43. The monoisotopic (exact) mass is 253 g/mol. The molecule has 0 saturated heterocycles. The number of thiophene rings is 1. The van der Waals surface area contributed by atoms with Crippen LogP contribution in [0.3, 0.4) is 0 Å². The minimum absolute atomic E-state index is 0.0646. The Labute approximate surface area is 106 Å². The highest BCUT2D eigenvalue weighted by Crippen LogP contribution is 2.31. The van der Waals surface area contributed by atoms with Crippen molar-refractivity contribution < 1.29 is 4.92 Å². The molecule has 0 unspecified atom stereocenters. The van der Waals surface area contributed by atoms with Crippen molar-refractivity contribution in [2.45, 2.75) is 40.0 Å². The Morgan fingerprint density at radius 2 is 2.00 bits per heavy atom. The van der Waals surface area contributed by atoms with Crippen LogP contribution >= 0.6 is 11.3 Å². The largest absolute Gasteiger partial charge is 0.259 e. The summed E-state index contributed by atoms with van der Waals surface area (Å²) >= 11 is 1.62. The molecule has 1 heterocycles. The van der Waals surface area contributed by atoms with Gasteiger partial charge in [0.25, 0.3) is 0 Å². The molecule has 3 nitrogen and oxygen atoms in total. The summed E-state index contributed by atoms with van der Waals surface area (Å²) in [4.78, 5) is 12.8. The Morgan fingerprint density at radius 3 is 2.35 bits per heavy atom. The summed E-state index contributed by atoms with van der Waals surface area (Å²) in [5.41, 5.74) is 0.371. The fraction of sp³-hybridized carbons (Fsp3) is 0.538. The first kappa shape index (κ1) is 13.9. The molecule has 17 heavy (non-hydrogen) atoms. The number of hydrogen-bond donors (Lipinski definition) is 0. The molecule has 0 saturated carbocycles. The van der Waals surface area contributed by atoms with Gasteiger partial charge in [0.15, 0.2) is 0 Å². The van der Waals surface area contributed by atoms with E-state index in [4.69, 9.17) is 0 Å². The Bertz CT molecular complexity index is 439. The molecule has 0 fully saturated rings. The van der Waals surface area contributed by atoms with Crippen molar-refractivity contribution in [1.82, 2.24) is 0 Å². The van der Waals surface area contributed by atoms with Crippen molar-refractivity contribution in [3.05, 3.63) is 37.7 Å². The molecule has 0 atom stereocenters. The normalized spacial score (nSPS) is 13.2. The van der Waals surface area contributed by atoms with Gasteiger partial charge in [-0.3, -0.25) is 10.1 Å². The number of hydrogen-bond acceptors (Lipinski definition) is 3. The zero-order valence-corrected chi connectivity index (χ0v) is 11.8. The zero-order chi connectivity index (χ0) is 13.2. The molecule has 0 aliphatic rings. The van der Waals surface area contributed by atoms with Crippen LogP contribution in [0, 0.1) is 16.0 Å². The molecule has 1 aromatic rings. The van der Waals surface area contributed by atoms with Gasteiger partial charge >= 0.3 is 0 Å². The first-order valence-electron chi connectivity index (χ1n) is 5.68. The van der Waals surface area contributed by atoms with Crippen molar-refractivity contribution in [1.29, 1.82) is 0 Å². The smallest absolute Gasteiger partial charge is 0.250 e. The summed E-state index contributed by atoms with van der Waals surface area (Å²) in [5, 5.41) is 10.9. The Hall–Kier alpha value is -1.16. The maximum absolute atomic E-state index is 10.9. The molecular formula is C13H19NO2S. The quantitative estimate of drug-likeness (QED) is 0.594. The summed E-state index contributed by atoms with van der Waals surface area (Å²) in [6.07, 6.45) is 1.69. The lowest BCUT2D eigenvalue weighted by Crippen LogP contribution is -2.07. The molecule has 0 bridgehead atoms. The third kappa shape index (κ3) is 3.66. The Balaban J connectivity index is 3.06. The molecule has 1 aromatic heterocycles. The highest BCUT2D eigenvalue weighted by Gasteiger charge is 2.19. The summed E-state index contributed by atoms with van der Waals surface area (Å²) < 4.78 is 0. The lowest BCUT2D eigenvalue weighted by molar-refractivity contribution is -0.431. The SMILES string of the molecule is CC(C)/C(=C/c1ccc(C(C)(C)C)s1)[N+](=O)[O-]. The summed E-state index contributed by atoms with van der Waals surface area (Å²) in [6, 6.07) is 4.01. The highest BCUT2D eigenvalue weighted by molar-refractivity contribution is 7.13. The Morgan fingerprint density at radius 1 is 1.41 bits per heavy atom. The molecule has 0 aromatic carbocycles. The van der Waals surface area contributed by atoms with Gasteiger partial charge in [-0.25, -0.2) is 0 Å². The molecular weight excluding hydrogens is 234 g/mol. The van der Waals surface area contributed by atoms with Crippen molar-refractivity contribution in [3.63, 3.8) is 0 Å². The Kier molecular flexibility index (Phi) is 4.09. The minimum atomic E-state index is -0.291. The van der Waals surface area contributed by atoms with E-state index >= 15 is 0 Å². The first-order chi connectivity index (χ1) is 7.71. The third-order valence-electron chi connectivity index (χ3n) is 2.46. The van der Waals surface area contributed by atoms with Crippen molar-refractivity contribution >= 4 is 17.4 Å². The number of allylic oxidation sites excluding steroid dienone is 1. The average Bonchev–Trinajstić information content (AvgIpc) is 2.60. The van der Waals surface area contributed by atoms with Gasteiger partial charge < -0.3 is 0 Å². The maximum atomic E-state index is 10.9. The van der Waals surface area contributed by atoms with Gasteiger partial charge in [0.05, 0.1) is 4.92 Å². The predicted octanol–water partition coefficient (Wildman–Crippen LogP) is 4.32.